The van der Waals surface area contributed by atoms with Crippen molar-refractivity contribution in [3.8, 4) is 0 Å². The van der Waals surface area contributed by atoms with E-state index in [9.17, 15) is 21.6 Å². The number of rotatable bonds is 5. The second-order valence-electron chi connectivity index (χ2n) is 6.68. The Morgan fingerprint density at radius 2 is 1.85 bits per heavy atom. The van der Waals surface area contributed by atoms with Crippen LogP contribution >= 0.6 is 11.6 Å². The maximum absolute atomic E-state index is 12.6. The standard InChI is InChI=1S/C16H22ClN3O5S2/c17-14-3-1-2-4-15(14)18-11-16(21)19-6-8-20(9-7-19)27(24,25)13-5-10-26(22,23)12-13/h1-4,13,18H,5-12H2. The van der Waals surface area contributed by atoms with Crippen molar-refractivity contribution in [2.45, 2.75) is 11.7 Å². The molecule has 0 radical (unpaired) electrons. The summed E-state index contributed by atoms with van der Waals surface area (Å²) in [5.41, 5.74) is 0.663. The van der Waals surface area contributed by atoms with E-state index in [0.717, 1.165) is 0 Å². The van der Waals surface area contributed by atoms with E-state index in [4.69, 9.17) is 11.6 Å². The lowest BCUT2D eigenvalue weighted by atomic mass is 10.3. The molecule has 1 N–H and O–H groups in total. The summed E-state index contributed by atoms with van der Waals surface area (Å²) < 4.78 is 49.7. The maximum atomic E-state index is 12.6. The molecule has 27 heavy (non-hydrogen) atoms. The second-order valence-corrected chi connectivity index (χ2v) is 11.5. The molecule has 0 spiro atoms. The number of carbonyl (C=O) groups is 1. The quantitative estimate of drug-likeness (QED) is 0.718. The van der Waals surface area contributed by atoms with Crippen LogP contribution in [0.15, 0.2) is 24.3 Å². The van der Waals surface area contributed by atoms with E-state index in [-0.39, 0.29) is 56.6 Å². The second kappa shape index (κ2) is 7.94. The highest BCUT2D eigenvalue weighted by atomic mass is 35.5. The van der Waals surface area contributed by atoms with Gasteiger partial charge in [0.05, 0.1) is 34.0 Å². The van der Waals surface area contributed by atoms with Gasteiger partial charge in [0.15, 0.2) is 9.84 Å². The van der Waals surface area contributed by atoms with Crippen molar-refractivity contribution in [3.05, 3.63) is 29.3 Å². The Labute approximate surface area is 164 Å². The van der Waals surface area contributed by atoms with E-state index in [1.165, 1.54) is 4.31 Å². The summed E-state index contributed by atoms with van der Waals surface area (Å²) in [4.78, 5) is 14.0. The van der Waals surface area contributed by atoms with Gasteiger partial charge in [0.1, 0.15) is 0 Å². The molecule has 8 nitrogen and oxygen atoms in total. The lowest BCUT2D eigenvalue weighted by Gasteiger charge is -2.35. The van der Waals surface area contributed by atoms with Crippen molar-refractivity contribution < 1.29 is 21.6 Å². The molecule has 1 atom stereocenters. The topological polar surface area (TPSA) is 104 Å². The summed E-state index contributed by atoms with van der Waals surface area (Å²) in [5, 5.41) is 2.64. The van der Waals surface area contributed by atoms with Gasteiger partial charge < -0.3 is 10.2 Å². The summed E-state index contributed by atoms with van der Waals surface area (Å²) >= 11 is 6.04. The number of sulfone groups is 1. The molecule has 2 aliphatic heterocycles. The summed E-state index contributed by atoms with van der Waals surface area (Å²) in [6, 6.07) is 7.10. The number of sulfonamides is 1. The lowest BCUT2D eigenvalue weighted by Crippen LogP contribution is -2.53. The number of amides is 1. The molecule has 1 aromatic rings. The van der Waals surface area contributed by atoms with Gasteiger partial charge in [-0.05, 0) is 18.6 Å². The molecule has 2 saturated heterocycles. The van der Waals surface area contributed by atoms with Crippen molar-refractivity contribution >= 4 is 43.1 Å². The first-order valence-corrected chi connectivity index (χ1v) is 12.3. The van der Waals surface area contributed by atoms with Crippen molar-refractivity contribution in [1.29, 1.82) is 0 Å². The number of nitrogens with zero attached hydrogens (tertiary/aromatic N) is 2. The summed E-state index contributed by atoms with van der Waals surface area (Å²) in [7, 11) is -6.93. The first kappa shape index (κ1) is 20.4. The van der Waals surface area contributed by atoms with Crippen LogP contribution in [0.4, 0.5) is 5.69 Å². The first-order valence-electron chi connectivity index (χ1n) is 8.64. The van der Waals surface area contributed by atoms with E-state index < -0.39 is 25.1 Å². The number of benzene rings is 1. The average molecular weight is 436 g/mol. The number of halogens is 1. The fraction of sp³-hybridized carbons (Fsp3) is 0.562. The molecule has 2 aliphatic rings. The van der Waals surface area contributed by atoms with E-state index in [1.807, 2.05) is 6.07 Å². The van der Waals surface area contributed by atoms with Crippen molar-refractivity contribution in [2.75, 3.05) is 49.5 Å². The van der Waals surface area contributed by atoms with Crippen LogP contribution in [0.5, 0.6) is 0 Å². The van der Waals surface area contributed by atoms with Gasteiger partial charge in [-0.1, -0.05) is 23.7 Å². The van der Waals surface area contributed by atoms with Crippen LogP contribution in [0.2, 0.25) is 5.02 Å². The molecule has 1 aromatic carbocycles. The molecule has 0 bridgehead atoms. The highest BCUT2D eigenvalue weighted by molar-refractivity contribution is 7.95. The average Bonchev–Trinajstić information content (AvgIpc) is 3.01. The molecule has 150 valence electrons. The van der Waals surface area contributed by atoms with E-state index in [1.54, 1.807) is 23.1 Å². The van der Waals surface area contributed by atoms with Crippen LogP contribution in [0, 0.1) is 0 Å². The molecular formula is C16H22ClN3O5S2. The third kappa shape index (κ3) is 4.74. The molecule has 0 saturated carbocycles. The van der Waals surface area contributed by atoms with Crippen LogP contribution in [0.1, 0.15) is 6.42 Å². The minimum Gasteiger partial charge on any atom is -0.375 e. The Hall–Kier alpha value is -1.36. The Bertz CT molecular complexity index is 912. The molecule has 2 fully saturated rings. The number of nitrogens with one attached hydrogen (secondary N) is 1. The zero-order valence-electron chi connectivity index (χ0n) is 14.7. The Kier molecular flexibility index (Phi) is 5.99. The number of para-hydroxylation sites is 1. The van der Waals surface area contributed by atoms with Crippen LogP contribution in [0.3, 0.4) is 0 Å². The fourth-order valence-corrected chi connectivity index (χ4v) is 8.00. The van der Waals surface area contributed by atoms with Crippen molar-refractivity contribution in [1.82, 2.24) is 9.21 Å². The van der Waals surface area contributed by atoms with E-state index in [0.29, 0.717) is 10.7 Å². The third-order valence-corrected chi connectivity index (χ3v) is 9.51. The SMILES string of the molecule is O=C(CNc1ccccc1Cl)N1CCN(S(=O)(=O)C2CCS(=O)(=O)C2)CC1. The lowest BCUT2D eigenvalue weighted by molar-refractivity contribution is -0.130. The predicted molar refractivity (Wildman–Crippen MR) is 104 cm³/mol. The highest BCUT2D eigenvalue weighted by Crippen LogP contribution is 2.23. The Morgan fingerprint density at radius 1 is 1.19 bits per heavy atom. The molecule has 11 heteroatoms. The zero-order valence-corrected chi connectivity index (χ0v) is 17.1. The number of carbonyl (C=O) groups excluding carboxylic acids is 1. The maximum Gasteiger partial charge on any atom is 0.241 e. The number of hydrogen-bond donors (Lipinski definition) is 1. The van der Waals surface area contributed by atoms with Crippen LogP contribution < -0.4 is 5.32 Å². The van der Waals surface area contributed by atoms with E-state index >= 15 is 0 Å². The predicted octanol–water partition coefficient (Wildman–Crippen LogP) is 0.413. The number of anilines is 1. The van der Waals surface area contributed by atoms with Gasteiger partial charge in [-0.25, -0.2) is 16.8 Å². The summed E-state index contributed by atoms with van der Waals surface area (Å²) in [6.45, 7) is 0.980. The van der Waals surface area contributed by atoms with Crippen LogP contribution in [0.25, 0.3) is 0 Å². The first-order chi connectivity index (χ1) is 12.7. The van der Waals surface area contributed by atoms with Gasteiger partial charge in [-0.3, -0.25) is 4.79 Å². The number of hydrogen-bond acceptors (Lipinski definition) is 6. The monoisotopic (exact) mass is 435 g/mol. The van der Waals surface area contributed by atoms with Gasteiger partial charge in [-0.15, -0.1) is 0 Å². The van der Waals surface area contributed by atoms with Crippen molar-refractivity contribution in [2.24, 2.45) is 0 Å². The smallest absolute Gasteiger partial charge is 0.241 e. The molecule has 1 unspecified atom stereocenters. The molecule has 3 rings (SSSR count). The Morgan fingerprint density at radius 3 is 2.44 bits per heavy atom. The van der Waals surface area contributed by atoms with Gasteiger partial charge in [-0.2, -0.15) is 4.31 Å². The summed E-state index contributed by atoms with van der Waals surface area (Å²) in [5.74, 6) is -0.533. The molecule has 0 aromatic heterocycles. The van der Waals surface area contributed by atoms with E-state index in [2.05, 4.69) is 5.32 Å². The highest BCUT2D eigenvalue weighted by Gasteiger charge is 2.41. The van der Waals surface area contributed by atoms with Gasteiger partial charge >= 0.3 is 0 Å². The number of piperazine rings is 1. The molecule has 2 heterocycles. The summed E-state index contributed by atoms with van der Waals surface area (Å²) in [6.07, 6.45) is 0.144. The van der Waals surface area contributed by atoms with Crippen LogP contribution in [-0.2, 0) is 24.7 Å². The largest absolute Gasteiger partial charge is 0.375 e. The Balaban J connectivity index is 1.52. The zero-order chi connectivity index (χ0) is 19.7. The fourth-order valence-electron chi connectivity index (χ4n) is 3.29. The van der Waals surface area contributed by atoms with Crippen LogP contribution in [-0.4, -0.2) is 81.4 Å². The minimum absolute atomic E-state index is 0.0668. The normalized spacial score (nSPS) is 23.3. The molecule has 1 amide bonds. The van der Waals surface area contributed by atoms with Gasteiger partial charge in [0.25, 0.3) is 0 Å². The molecular weight excluding hydrogens is 414 g/mol. The van der Waals surface area contributed by atoms with Gasteiger partial charge in [0, 0.05) is 26.2 Å². The van der Waals surface area contributed by atoms with Gasteiger partial charge in [0.2, 0.25) is 15.9 Å². The minimum atomic E-state index is -3.66. The van der Waals surface area contributed by atoms with Crippen molar-refractivity contribution in [3.63, 3.8) is 0 Å². The third-order valence-electron chi connectivity index (χ3n) is 4.87. The molecule has 0 aliphatic carbocycles.